The van der Waals surface area contributed by atoms with E-state index in [1.165, 1.54) is 0 Å². The molecule has 1 N–H and O–H groups in total. The molecule has 0 amide bonds. The fourth-order valence-corrected chi connectivity index (χ4v) is 2.60. The second kappa shape index (κ2) is 4.91. The molecule has 0 aromatic carbocycles. The summed E-state index contributed by atoms with van der Waals surface area (Å²) in [6, 6.07) is 0. The highest BCUT2D eigenvalue weighted by molar-refractivity contribution is 5.92. The second-order valence-corrected chi connectivity index (χ2v) is 5.83. The number of hydrogen-bond acceptors (Lipinski definition) is 4. The zero-order valence-corrected chi connectivity index (χ0v) is 12.5. The Balaban J connectivity index is 1.81. The number of fused-ring (bicyclic) bond motifs is 2. The smallest absolute Gasteiger partial charge is 0.233 e. The van der Waals surface area contributed by atoms with Gasteiger partial charge < -0.3 is 4.98 Å². The van der Waals surface area contributed by atoms with Gasteiger partial charge in [-0.1, -0.05) is 13.8 Å². The molecule has 0 spiro atoms. The van der Waals surface area contributed by atoms with Crippen molar-refractivity contribution in [2.24, 2.45) is 5.92 Å². The predicted molar refractivity (Wildman–Crippen MR) is 84.4 cm³/mol. The number of aromatic nitrogens is 6. The Hall–Kier alpha value is -2.76. The van der Waals surface area contributed by atoms with E-state index >= 15 is 0 Å². The summed E-state index contributed by atoms with van der Waals surface area (Å²) in [4.78, 5) is 20.9. The van der Waals surface area contributed by atoms with Crippen molar-refractivity contribution in [3.8, 4) is 11.1 Å². The van der Waals surface area contributed by atoms with Gasteiger partial charge in [0.1, 0.15) is 11.5 Å². The average Bonchev–Trinajstić information content (AvgIpc) is 3.11. The normalized spacial score (nSPS) is 11.8. The number of H-pyrrole nitrogens is 1. The van der Waals surface area contributed by atoms with Crippen molar-refractivity contribution in [3.63, 3.8) is 0 Å². The Labute approximate surface area is 127 Å². The van der Waals surface area contributed by atoms with E-state index in [2.05, 4.69) is 38.8 Å². The number of rotatable bonds is 3. The van der Waals surface area contributed by atoms with Gasteiger partial charge in [0.05, 0.1) is 0 Å². The molecule has 0 saturated carbocycles. The molecular weight excluding hydrogens is 276 g/mol. The number of hydrogen-bond donors (Lipinski definition) is 1. The van der Waals surface area contributed by atoms with Crippen molar-refractivity contribution in [3.05, 3.63) is 43.0 Å². The van der Waals surface area contributed by atoms with Crippen LogP contribution in [-0.2, 0) is 6.42 Å². The summed E-state index contributed by atoms with van der Waals surface area (Å²) < 4.78 is 1.90. The molecule has 6 nitrogen and oxygen atoms in total. The monoisotopic (exact) mass is 292 g/mol. The summed E-state index contributed by atoms with van der Waals surface area (Å²) in [6.07, 6.45) is 12.2. The molecule has 4 heterocycles. The molecule has 0 atom stereocenters. The molecule has 6 heteroatoms. The number of nitrogens with one attached hydrogen (secondary N) is 1. The minimum atomic E-state index is 0.541. The number of aromatic amines is 1. The SMILES string of the molecule is CC(C)Cc1ncc2c(-c3cnc4nccn4c3)c[nH]c2n1. The van der Waals surface area contributed by atoms with E-state index in [-0.39, 0.29) is 0 Å². The lowest BCUT2D eigenvalue weighted by molar-refractivity contribution is 0.622. The van der Waals surface area contributed by atoms with Crippen LogP contribution in [0, 0.1) is 5.92 Å². The minimum absolute atomic E-state index is 0.541. The number of imidazole rings is 1. The standard InChI is InChI=1S/C16H16N6/c1-10(2)5-14-18-8-13-12(7-19-15(13)21-14)11-6-20-16-17-3-4-22(16)9-11/h3-4,6-10H,5H2,1-2H3,(H,18,19,21). The van der Waals surface area contributed by atoms with Crippen molar-refractivity contribution in [1.29, 1.82) is 0 Å². The van der Waals surface area contributed by atoms with Crippen LogP contribution in [0.5, 0.6) is 0 Å². The molecule has 0 aliphatic heterocycles. The maximum atomic E-state index is 4.61. The van der Waals surface area contributed by atoms with Crippen LogP contribution in [-0.4, -0.2) is 29.3 Å². The summed E-state index contributed by atoms with van der Waals surface area (Å²) in [6.45, 7) is 4.33. The van der Waals surface area contributed by atoms with Gasteiger partial charge in [0.15, 0.2) is 0 Å². The molecular formula is C16H16N6. The van der Waals surface area contributed by atoms with E-state index in [9.17, 15) is 0 Å². The van der Waals surface area contributed by atoms with Crippen LogP contribution in [0.15, 0.2) is 37.2 Å². The molecule has 110 valence electrons. The molecule has 0 radical (unpaired) electrons. The van der Waals surface area contributed by atoms with Crippen LogP contribution in [0.3, 0.4) is 0 Å². The summed E-state index contributed by atoms with van der Waals surface area (Å²) in [5, 5.41) is 1.01. The van der Waals surface area contributed by atoms with Gasteiger partial charge in [-0.3, -0.25) is 4.40 Å². The van der Waals surface area contributed by atoms with Crippen LogP contribution in [0.25, 0.3) is 27.9 Å². The number of nitrogens with zero attached hydrogens (tertiary/aromatic N) is 5. The highest BCUT2D eigenvalue weighted by Crippen LogP contribution is 2.27. The van der Waals surface area contributed by atoms with Gasteiger partial charge in [-0.2, -0.15) is 0 Å². The van der Waals surface area contributed by atoms with Crippen molar-refractivity contribution in [1.82, 2.24) is 29.3 Å². The van der Waals surface area contributed by atoms with Gasteiger partial charge in [0.25, 0.3) is 0 Å². The minimum Gasteiger partial charge on any atom is -0.345 e. The van der Waals surface area contributed by atoms with Crippen LogP contribution in [0.1, 0.15) is 19.7 Å². The van der Waals surface area contributed by atoms with E-state index in [4.69, 9.17) is 0 Å². The summed E-state index contributed by atoms with van der Waals surface area (Å²) in [5.74, 6) is 2.11. The first-order chi connectivity index (χ1) is 10.7. The molecule has 4 aromatic heterocycles. The topological polar surface area (TPSA) is 71.8 Å². The lowest BCUT2D eigenvalue weighted by atomic mass is 10.1. The third-order valence-electron chi connectivity index (χ3n) is 3.63. The van der Waals surface area contributed by atoms with Gasteiger partial charge in [0, 0.05) is 60.1 Å². The molecule has 4 rings (SSSR count). The molecule has 0 aliphatic rings. The zero-order valence-electron chi connectivity index (χ0n) is 12.5. The Morgan fingerprint density at radius 1 is 1.18 bits per heavy atom. The van der Waals surface area contributed by atoms with Crippen LogP contribution < -0.4 is 0 Å². The van der Waals surface area contributed by atoms with E-state index in [1.807, 2.05) is 35.4 Å². The lowest BCUT2D eigenvalue weighted by Crippen LogP contribution is -2.00. The summed E-state index contributed by atoms with van der Waals surface area (Å²) >= 11 is 0. The predicted octanol–water partition coefficient (Wildman–Crippen LogP) is 2.87. The molecule has 0 aliphatic carbocycles. The Morgan fingerprint density at radius 2 is 2.09 bits per heavy atom. The highest BCUT2D eigenvalue weighted by Gasteiger charge is 2.11. The van der Waals surface area contributed by atoms with E-state index < -0.39 is 0 Å². The summed E-state index contributed by atoms with van der Waals surface area (Å²) in [7, 11) is 0. The van der Waals surface area contributed by atoms with E-state index in [0.29, 0.717) is 11.7 Å². The van der Waals surface area contributed by atoms with Crippen molar-refractivity contribution < 1.29 is 0 Å². The quantitative estimate of drug-likeness (QED) is 0.630. The average molecular weight is 292 g/mol. The zero-order chi connectivity index (χ0) is 15.1. The third-order valence-corrected chi connectivity index (χ3v) is 3.63. The Bertz CT molecular complexity index is 950. The van der Waals surface area contributed by atoms with Gasteiger partial charge >= 0.3 is 0 Å². The molecule has 0 fully saturated rings. The largest absolute Gasteiger partial charge is 0.345 e. The van der Waals surface area contributed by atoms with E-state index in [1.54, 1.807) is 6.20 Å². The maximum Gasteiger partial charge on any atom is 0.233 e. The Kier molecular flexibility index (Phi) is 2.89. The van der Waals surface area contributed by atoms with Crippen molar-refractivity contribution in [2.75, 3.05) is 0 Å². The first-order valence-corrected chi connectivity index (χ1v) is 7.33. The first kappa shape index (κ1) is 12.9. The molecule has 22 heavy (non-hydrogen) atoms. The highest BCUT2D eigenvalue weighted by atomic mass is 15.1. The maximum absolute atomic E-state index is 4.61. The summed E-state index contributed by atoms with van der Waals surface area (Å²) in [5.41, 5.74) is 2.93. The molecule has 0 bridgehead atoms. The van der Waals surface area contributed by atoms with Crippen molar-refractivity contribution >= 4 is 16.8 Å². The van der Waals surface area contributed by atoms with Crippen LogP contribution in [0.4, 0.5) is 0 Å². The Morgan fingerprint density at radius 3 is 2.95 bits per heavy atom. The molecule has 0 unspecified atom stereocenters. The second-order valence-electron chi connectivity index (χ2n) is 5.83. The van der Waals surface area contributed by atoms with Gasteiger partial charge in [-0.15, -0.1) is 0 Å². The fraction of sp³-hybridized carbons (Fsp3) is 0.250. The van der Waals surface area contributed by atoms with Gasteiger partial charge in [0.2, 0.25) is 5.78 Å². The molecule has 0 saturated heterocycles. The third kappa shape index (κ3) is 2.13. The van der Waals surface area contributed by atoms with Crippen LogP contribution >= 0.6 is 0 Å². The van der Waals surface area contributed by atoms with E-state index in [0.717, 1.165) is 34.4 Å². The first-order valence-electron chi connectivity index (χ1n) is 7.33. The van der Waals surface area contributed by atoms with Crippen LogP contribution in [0.2, 0.25) is 0 Å². The fourth-order valence-electron chi connectivity index (χ4n) is 2.60. The van der Waals surface area contributed by atoms with Gasteiger partial charge in [-0.05, 0) is 5.92 Å². The lowest BCUT2D eigenvalue weighted by Gasteiger charge is -2.03. The molecule has 4 aromatic rings. The van der Waals surface area contributed by atoms with Crippen molar-refractivity contribution in [2.45, 2.75) is 20.3 Å². The van der Waals surface area contributed by atoms with Gasteiger partial charge in [-0.25, -0.2) is 19.9 Å².